The number of nitrogens with two attached hydrogens (primary N) is 1. The maximum absolute atomic E-state index is 11.4. The zero-order valence-electron chi connectivity index (χ0n) is 9.15. The van der Waals surface area contributed by atoms with Gasteiger partial charge in [0.15, 0.2) is 0 Å². The minimum atomic E-state index is -0.0246. The molecule has 0 aromatic rings. The Balaban J connectivity index is 1.89. The summed E-state index contributed by atoms with van der Waals surface area (Å²) in [7, 11) is 0. The Morgan fingerprint density at radius 3 is 3.00 bits per heavy atom. The molecule has 0 aliphatic carbocycles. The molecule has 2 heterocycles. The van der Waals surface area contributed by atoms with Gasteiger partial charge in [0.05, 0.1) is 6.61 Å². The minimum Gasteiger partial charge on any atom is -0.464 e. The molecule has 2 unspecified atom stereocenters. The van der Waals surface area contributed by atoms with Crippen LogP contribution in [0, 0.1) is 5.92 Å². The van der Waals surface area contributed by atoms with Gasteiger partial charge in [-0.05, 0) is 38.3 Å². The van der Waals surface area contributed by atoms with Crippen molar-refractivity contribution in [3.8, 4) is 0 Å². The van der Waals surface area contributed by atoms with E-state index in [1.54, 1.807) is 0 Å². The predicted octanol–water partition coefficient (Wildman–Crippen LogP) is 0.363. The molecule has 4 nitrogen and oxygen atoms in total. The molecule has 2 rings (SSSR count). The van der Waals surface area contributed by atoms with E-state index in [1.807, 2.05) is 0 Å². The Morgan fingerprint density at radius 1 is 1.47 bits per heavy atom. The number of piperidine rings is 1. The molecule has 0 amide bonds. The topological polar surface area (TPSA) is 55.6 Å². The van der Waals surface area contributed by atoms with Crippen molar-refractivity contribution in [2.75, 3.05) is 26.2 Å². The van der Waals surface area contributed by atoms with Crippen molar-refractivity contribution in [1.29, 1.82) is 0 Å². The van der Waals surface area contributed by atoms with Gasteiger partial charge in [0.25, 0.3) is 0 Å². The summed E-state index contributed by atoms with van der Waals surface area (Å²) in [5.41, 5.74) is 5.58. The molecule has 2 N–H and O–H groups in total. The number of ether oxygens (including phenoxy) is 1. The first kappa shape index (κ1) is 10.9. The van der Waals surface area contributed by atoms with E-state index in [2.05, 4.69) is 4.90 Å². The summed E-state index contributed by atoms with van der Waals surface area (Å²) in [5, 5.41) is 0. The normalized spacial score (nSPS) is 33.0. The van der Waals surface area contributed by atoms with Crippen LogP contribution < -0.4 is 5.73 Å². The summed E-state index contributed by atoms with van der Waals surface area (Å²) >= 11 is 0. The lowest BCUT2D eigenvalue weighted by Gasteiger charge is -2.34. The Bertz CT molecular complexity index is 231. The molecule has 0 aromatic carbocycles. The third-order valence-electron chi connectivity index (χ3n) is 3.47. The highest BCUT2D eigenvalue weighted by Crippen LogP contribution is 2.24. The van der Waals surface area contributed by atoms with Gasteiger partial charge in [-0.25, -0.2) is 0 Å². The maximum Gasteiger partial charge on any atom is 0.323 e. The second kappa shape index (κ2) is 4.94. The standard InChI is InChI=1S/C11H20N2O2/c12-5-3-9-2-1-6-13(8-9)10-4-7-15-11(10)14/h9-10H,1-8,12H2. The second-order valence-corrected chi connectivity index (χ2v) is 4.55. The predicted molar refractivity (Wildman–Crippen MR) is 57.3 cm³/mol. The van der Waals surface area contributed by atoms with Crippen LogP contribution in [0.3, 0.4) is 0 Å². The highest BCUT2D eigenvalue weighted by Gasteiger charge is 2.34. The van der Waals surface area contributed by atoms with Crippen LogP contribution in [0.2, 0.25) is 0 Å². The molecule has 2 fully saturated rings. The average Bonchev–Trinajstić information content (AvgIpc) is 2.65. The van der Waals surface area contributed by atoms with E-state index in [-0.39, 0.29) is 12.0 Å². The van der Waals surface area contributed by atoms with Gasteiger partial charge < -0.3 is 10.5 Å². The van der Waals surface area contributed by atoms with Gasteiger partial charge in [-0.3, -0.25) is 9.69 Å². The van der Waals surface area contributed by atoms with Crippen molar-refractivity contribution in [1.82, 2.24) is 4.90 Å². The van der Waals surface area contributed by atoms with Crippen molar-refractivity contribution in [3.05, 3.63) is 0 Å². The van der Waals surface area contributed by atoms with Gasteiger partial charge in [-0.15, -0.1) is 0 Å². The number of carbonyl (C=O) groups is 1. The van der Waals surface area contributed by atoms with Gasteiger partial charge in [0.1, 0.15) is 6.04 Å². The van der Waals surface area contributed by atoms with Crippen molar-refractivity contribution in [2.45, 2.75) is 31.7 Å². The number of nitrogens with zero attached hydrogens (tertiary/aromatic N) is 1. The molecule has 2 aliphatic rings. The number of cyclic esters (lactones) is 1. The van der Waals surface area contributed by atoms with Crippen LogP contribution in [0.25, 0.3) is 0 Å². The smallest absolute Gasteiger partial charge is 0.323 e. The molecule has 0 radical (unpaired) electrons. The molecule has 0 spiro atoms. The Labute approximate surface area is 90.8 Å². The molecule has 2 aliphatic heterocycles. The fraction of sp³-hybridized carbons (Fsp3) is 0.909. The van der Waals surface area contributed by atoms with Crippen LogP contribution in [0.1, 0.15) is 25.7 Å². The largest absolute Gasteiger partial charge is 0.464 e. The lowest BCUT2D eigenvalue weighted by Crippen LogP contribution is -2.45. The van der Waals surface area contributed by atoms with Crippen molar-refractivity contribution < 1.29 is 9.53 Å². The van der Waals surface area contributed by atoms with Crippen LogP contribution in [-0.2, 0) is 9.53 Å². The molecule has 0 bridgehead atoms. The molecule has 2 saturated heterocycles. The monoisotopic (exact) mass is 212 g/mol. The van der Waals surface area contributed by atoms with E-state index < -0.39 is 0 Å². The van der Waals surface area contributed by atoms with Gasteiger partial charge >= 0.3 is 5.97 Å². The van der Waals surface area contributed by atoms with Gasteiger partial charge in [0.2, 0.25) is 0 Å². The van der Waals surface area contributed by atoms with Gasteiger partial charge in [-0.1, -0.05) is 0 Å². The number of esters is 1. The molecule has 0 saturated carbocycles. The van der Waals surface area contributed by atoms with E-state index >= 15 is 0 Å². The Hall–Kier alpha value is -0.610. The summed E-state index contributed by atoms with van der Waals surface area (Å²) in [6.45, 7) is 3.42. The number of hydrogen-bond acceptors (Lipinski definition) is 4. The van der Waals surface area contributed by atoms with E-state index in [0.29, 0.717) is 12.5 Å². The fourth-order valence-electron chi connectivity index (χ4n) is 2.67. The van der Waals surface area contributed by atoms with Crippen molar-refractivity contribution >= 4 is 5.97 Å². The lowest BCUT2D eigenvalue weighted by molar-refractivity contribution is -0.142. The first-order valence-electron chi connectivity index (χ1n) is 5.92. The Morgan fingerprint density at radius 2 is 2.33 bits per heavy atom. The average molecular weight is 212 g/mol. The Kier molecular flexibility index (Phi) is 3.59. The van der Waals surface area contributed by atoms with Crippen LogP contribution >= 0.6 is 0 Å². The summed E-state index contributed by atoms with van der Waals surface area (Å²) in [6.07, 6.45) is 4.40. The summed E-state index contributed by atoms with van der Waals surface area (Å²) < 4.78 is 5.01. The van der Waals surface area contributed by atoms with Gasteiger partial charge in [0, 0.05) is 13.0 Å². The zero-order chi connectivity index (χ0) is 10.7. The summed E-state index contributed by atoms with van der Waals surface area (Å²) in [4.78, 5) is 13.7. The quantitative estimate of drug-likeness (QED) is 0.686. The van der Waals surface area contributed by atoms with Gasteiger partial charge in [-0.2, -0.15) is 0 Å². The van der Waals surface area contributed by atoms with Crippen molar-refractivity contribution in [3.63, 3.8) is 0 Å². The minimum absolute atomic E-state index is 0.0246. The molecule has 15 heavy (non-hydrogen) atoms. The molecular weight excluding hydrogens is 192 g/mol. The van der Waals surface area contributed by atoms with Crippen LogP contribution in [0.5, 0.6) is 0 Å². The lowest BCUT2D eigenvalue weighted by atomic mass is 9.93. The van der Waals surface area contributed by atoms with E-state index in [0.717, 1.165) is 32.5 Å². The van der Waals surface area contributed by atoms with Crippen LogP contribution in [0.15, 0.2) is 0 Å². The second-order valence-electron chi connectivity index (χ2n) is 4.55. The maximum atomic E-state index is 11.4. The number of rotatable bonds is 3. The van der Waals surface area contributed by atoms with E-state index in [4.69, 9.17) is 10.5 Å². The van der Waals surface area contributed by atoms with Crippen molar-refractivity contribution in [2.24, 2.45) is 11.7 Å². The highest BCUT2D eigenvalue weighted by atomic mass is 16.5. The molecule has 4 heteroatoms. The highest BCUT2D eigenvalue weighted by molar-refractivity contribution is 5.77. The number of carbonyl (C=O) groups excluding carboxylic acids is 1. The number of hydrogen-bond donors (Lipinski definition) is 1. The number of likely N-dealkylation sites (tertiary alicyclic amines) is 1. The third kappa shape index (κ3) is 2.49. The SMILES string of the molecule is NCCC1CCCN(C2CCOC2=O)C1. The molecule has 2 atom stereocenters. The van der Waals surface area contributed by atoms with E-state index in [1.165, 1.54) is 12.8 Å². The zero-order valence-corrected chi connectivity index (χ0v) is 9.15. The summed E-state index contributed by atoms with van der Waals surface area (Å²) in [5.74, 6) is 0.653. The molecule has 0 aromatic heterocycles. The summed E-state index contributed by atoms with van der Waals surface area (Å²) in [6, 6.07) is 0.0329. The third-order valence-corrected chi connectivity index (χ3v) is 3.47. The van der Waals surface area contributed by atoms with Crippen LogP contribution in [0.4, 0.5) is 0 Å². The molecular formula is C11H20N2O2. The van der Waals surface area contributed by atoms with Crippen LogP contribution in [-0.4, -0.2) is 43.2 Å². The van der Waals surface area contributed by atoms with E-state index in [9.17, 15) is 4.79 Å². The first-order chi connectivity index (χ1) is 7.31. The fourth-order valence-corrected chi connectivity index (χ4v) is 2.67. The first-order valence-corrected chi connectivity index (χ1v) is 5.92. The molecule has 86 valence electrons.